The van der Waals surface area contributed by atoms with E-state index in [1.807, 2.05) is 0 Å². The Kier molecular flexibility index (Phi) is 5.83. The molecule has 1 aliphatic heterocycles. The molecule has 7 heteroatoms. The summed E-state index contributed by atoms with van der Waals surface area (Å²) in [5.41, 5.74) is 1.18. The first-order valence-corrected chi connectivity index (χ1v) is 8.66. The maximum Gasteiger partial charge on any atom is 0.330 e. The summed E-state index contributed by atoms with van der Waals surface area (Å²) >= 11 is 0. The van der Waals surface area contributed by atoms with Crippen molar-refractivity contribution in [1.29, 1.82) is 0 Å². The third kappa shape index (κ3) is 4.71. The van der Waals surface area contributed by atoms with Gasteiger partial charge < -0.3 is 20.5 Å². The molecule has 3 N–H and O–H groups in total. The molecule has 1 fully saturated rings. The lowest BCUT2D eigenvalue weighted by Crippen LogP contribution is -2.33. The van der Waals surface area contributed by atoms with Crippen LogP contribution in [0.4, 0.5) is 5.69 Å². The summed E-state index contributed by atoms with van der Waals surface area (Å²) in [5, 5.41) is 14.7. The lowest BCUT2D eigenvalue weighted by Gasteiger charge is -2.15. The van der Waals surface area contributed by atoms with E-state index in [2.05, 4.69) is 10.6 Å². The van der Waals surface area contributed by atoms with Gasteiger partial charge in [0.1, 0.15) is 6.10 Å². The van der Waals surface area contributed by atoms with E-state index in [4.69, 9.17) is 4.74 Å². The van der Waals surface area contributed by atoms with Crippen molar-refractivity contribution in [1.82, 2.24) is 5.32 Å². The first-order chi connectivity index (χ1) is 13.0. The van der Waals surface area contributed by atoms with E-state index in [-0.39, 0.29) is 11.5 Å². The molecule has 1 saturated heterocycles. The molecule has 0 spiro atoms. The predicted molar refractivity (Wildman–Crippen MR) is 98.3 cm³/mol. The van der Waals surface area contributed by atoms with Crippen molar-refractivity contribution >= 4 is 23.5 Å². The van der Waals surface area contributed by atoms with Crippen LogP contribution in [-0.4, -0.2) is 35.6 Å². The van der Waals surface area contributed by atoms with E-state index in [1.54, 1.807) is 48.5 Å². The standard InChI is InChI=1S/C20H20N2O5/c23-18(22-17(20(25)26)13-6-2-1-3-7-13)14-8-4-9-15(12-14)21-19(24)16-10-5-11-27-16/h1-4,6-9,12,16-17H,5,10-11H2,(H,21,24)(H,22,23)(H,25,26)/t16?,17-/m1/s1. The number of anilines is 1. The molecule has 0 radical (unpaired) electrons. The first-order valence-electron chi connectivity index (χ1n) is 8.66. The van der Waals surface area contributed by atoms with Gasteiger partial charge in [0.05, 0.1) is 0 Å². The van der Waals surface area contributed by atoms with Gasteiger partial charge in [-0.05, 0) is 36.6 Å². The number of nitrogens with one attached hydrogen (secondary N) is 2. The minimum absolute atomic E-state index is 0.252. The van der Waals surface area contributed by atoms with Crippen LogP contribution in [0.15, 0.2) is 54.6 Å². The SMILES string of the molecule is O=C(N[C@@H](C(=O)O)c1ccccc1)c1cccc(NC(=O)C2CCCO2)c1. The number of carboxylic acid groups (broad SMARTS) is 1. The van der Waals surface area contributed by atoms with Gasteiger partial charge in [-0.3, -0.25) is 9.59 Å². The molecule has 140 valence electrons. The first kappa shape index (κ1) is 18.6. The predicted octanol–water partition coefficient (Wildman–Crippen LogP) is 2.36. The van der Waals surface area contributed by atoms with Gasteiger partial charge >= 0.3 is 5.97 Å². The lowest BCUT2D eigenvalue weighted by atomic mass is 10.1. The minimum atomic E-state index is -1.16. The van der Waals surface area contributed by atoms with Crippen molar-refractivity contribution in [3.05, 3.63) is 65.7 Å². The third-order valence-electron chi connectivity index (χ3n) is 4.27. The Morgan fingerprint density at radius 3 is 2.52 bits per heavy atom. The average Bonchev–Trinajstić information content (AvgIpc) is 3.21. The number of ether oxygens (including phenoxy) is 1. The molecule has 7 nitrogen and oxygen atoms in total. The summed E-state index contributed by atoms with van der Waals surface area (Å²) in [5.74, 6) is -1.95. The van der Waals surface area contributed by atoms with Crippen LogP contribution in [-0.2, 0) is 14.3 Å². The molecule has 0 bridgehead atoms. The van der Waals surface area contributed by atoms with Crippen LogP contribution in [0.5, 0.6) is 0 Å². The number of carboxylic acids is 1. The third-order valence-corrected chi connectivity index (χ3v) is 4.27. The largest absolute Gasteiger partial charge is 0.479 e. The Balaban J connectivity index is 1.70. The molecular weight excluding hydrogens is 348 g/mol. The zero-order valence-electron chi connectivity index (χ0n) is 14.6. The maximum absolute atomic E-state index is 12.5. The summed E-state index contributed by atoms with van der Waals surface area (Å²) < 4.78 is 5.34. The van der Waals surface area contributed by atoms with Crippen LogP contribution in [0.1, 0.15) is 34.8 Å². The average molecular weight is 368 g/mol. The summed E-state index contributed by atoms with van der Waals surface area (Å²) in [6.45, 7) is 0.566. The molecule has 1 aliphatic rings. The molecule has 0 aliphatic carbocycles. The number of carbonyl (C=O) groups is 3. The van der Waals surface area contributed by atoms with Gasteiger partial charge in [-0.25, -0.2) is 4.79 Å². The van der Waals surface area contributed by atoms with Crippen molar-refractivity contribution in [3.63, 3.8) is 0 Å². The smallest absolute Gasteiger partial charge is 0.330 e. The molecule has 27 heavy (non-hydrogen) atoms. The Morgan fingerprint density at radius 2 is 1.85 bits per heavy atom. The number of amides is 2. The quantitative estimate of drug-likeness (QED) is 0.726. The van der Waals surface area contributed by atoms with Crippen LogP contribution in [0.2, 0.25) is 0 Å². The van der Waals surface area contributed by atoms with Gasteiger partial charge in [0.25, 0.3) is 11.8 Å². The van der Waals surface area contributed by atoms with Crippen LogP contribution in [0.25, 0.3) is 0 Å². The number of rotatable bonds is 6. The number of hydrogen-bond donors (Lipinski definition) is 3. The molecule has 0 saturated carbocycles. The Hall–Kier alpha value is -3.19. The fraction of sp³-hybridized carbons (Fsp3) is 0.250. The van der Waals surface area contributed by atoms with E-state index in [0.717, 1.165) is 6.42 Å². The van der Waals surface area contributed by atoms with Crippen LogP contribution in [0.3, 0.4) is 0 Å². The number of benzene rings is 2. The molecule has 2 aromatic carbocycles. The van der Waals surface area contributed by atoms with Gasteiger partial charge in [-0.2, -0.15) is 0 Å². The molecule has 3 rings (SSSR count). The fourth-order valence-electron chi connectivity index (χ4n) is 2.89. The topological polar surface area (TPSA) is 105 Å². The summed E-state index contributed by atoms with van der Waals surface area (Å²) in [4.78, 5) is 36.2. The zero-order chi connectivity index (χ0) is 19.2. The highest BCUT2D eigenvalue weighted by molar-refractivity contribution is 5.99. The van der Waals surface area contributed by atoms with E-state index in [1.165, 1.54) is 6.07 Å². The van der Waals surface area contributed by atoms with Gasteiger partial charge in [0.2, 0.25) is 0 Å². The van der Waals surface area contributed by atoms with Crippen LogP contribution >= 0.6 is 0 Å². The van der Waals surface area contributed by atoms with Gasteiger partial charge in [-0.15, -0.1) is 0 Å². The van der Waals surface area contributed by atoms with E-state index < -0.39 is 24.0 Å². The molecule has 2 atom stereocenters. The molecule has 1 unspecified atom stereocenters. The van der Waals surface area contributed by atoms with E-state index in [0.29, 0.717) is 24.3 Å². The minimum Gasteiger partial charge on any atom is -0.479 e. The highest BCUT2D eigenvalue weighted by Crippen LogP contribution is 2.18. The summed E-state index contributed by atoms with van der Waals surface area (Å²) in [7, 11) is 0. The number of carbonyl (C=O) groups excluding carboxylic acids is 2. The highest BCUT2D eigenvalue weighted by atomic mass is 16.5. The molecule has 2 amide bonds. The zero-order valence-corrected chi connectivity index (χ0v) is 14.6. The maximum atomic E-state index is 12.5. The van der Waals surface area contributed by atoms with Gasteiger partial charge in [-0.1, -0.05) is 36.4 Å². The Morgan fingerprint density at radius 1 is 1.07 bits per heavy atom. The molecule has 1 heterocycles. The summed E-state index contributed by atoms with van der Waals surface area (Å²) in [6.07, 6.45) is 1.04. The normalized spacial score (nSPS) is 17.1. The monoisotopic (exact) mass is 368 g/mol. The van der Waals surface area contributed by atoms with Crippen molar-refractivity contribution in [2.24, 2.45) is 0 Å². The fourth-order valence-corrected chi connectivity index (χ4v) is 2.89. The molecule has 0 aromatic heterocycles. The van der Waals surface area contributed by atoms with Crippen molar-refractivity contribution in [2.75, 3.05) is 11.9 Å². The molecule has 2 aromatic rings. The highest BCUT2D eigenvalue weighted by Gasteiger charge is 2.25. The van der Waals surface area contributed by atoms with Crippen molar-refractivity contribution in [3.8, 4) is 0 Å². The van der Waals surface area contributed by atoms with Gasteiger partial charge in [0, 0.05) is 17.9 Å². The van der Waals surface area contributed by atoms with Crippen LogP contribution < -0.4 is 10.6 Å². The van der Waals surface area contributed by atoms with E-state index >= 15 is 0 Å². The second kappa shape index (κ2) is 8.46. The van der Waals surface area contributed by atoms with E-state index in [9.17, 15) is 19.5 Å². The van der Waals surface area contributed by atoms with Crippen molar-refractivity contribution < 1.29 is 24.2 Å². The van der Waals surface area contributed by atoms with Gasteiger partial charge in [0.15, 0.2) is 6.04 Å². The molecular formula is C20H20N2O5. The Bertz CT molecular complexity index is 831. The summed E-state index contributed by atoms with van der Waals surface area (Å²) in [6, 6.07) is 13.6. The van der Waals surface area contributed by atoms with Crippen LogP contribution in [0, 0.1) is 0 Å². The lowest BCUT2D eigenvalue weighted by molar-refractivity contribution is -0.139. The number of hydrogen-bond acceptors (Lipinski definition) is 4. The number of aliphatic carboxylic acids is 1. The second-order valence-electron chi connectivity index (χ2n) is 6.23. The van der Waals surface area contributed by atoms with Crippen molar-refractivity contribution in [2.45, 2.75) is 25.0 Å². The Labute approximate surface area is 156 Å². The second-order valence-corrected chi connectivity index (χ2v) is 6.23.